The van der Waals surface area contributed by atoms with Gasteiger partial charge in [0.15, 0.2) is 0 Å². The summed E-state index contributed by atoms with van der Waals surface area (Å²) in [6.45, 7) is 1.17. The number of aliphatic hydroxyl groups is 1. The van der Waals surface area contributed by atoms with Crippen LogP contribution in [0.15, 0.2) is 95.9 Å². The van der Waals surface area contributed by atoms with Crippen LogP contribution in [0.25, 0.3) is 11.1 Å². The third-order valence-electron chi connectivity index (χ3n) is 6.46. The minimum Gasteiger partial charge on any atom is -0.389 e. The Morgan fingerprint density at radius 3 is 2.24 bits per heavy atom. The zero-order valence-corrected chi connectivity index (χ0v) is 24.2. The predicted molar refractivity (Wildman–Crippen MR) is 153 cm³/mol. The van der Waals surface area contributed by atoms with Crippen LogP contribution in [0.3, 0.4) is 0 Å². The molecule has 0 saturated heterocycles. The first kappa shape index (κ1) is 30.4. The summed E-state index contributed by atoms with van der Waals surface area (Å²) in [5, 5.41) is 19.1. The van der Waals surface area contributed by atoms with Crippen LogP contribution >= 0.6 is 20.1 Å². The maximum absolute atomic E-state index is 14.0. The van der Waals surface area contributed by atoms with Crippen molar-refractivity contribution in [3.05, 3.63) is 124 Å². The van der Waals surface area contributed by atoms with Crippen molar-refractivity contribution in [2.75, 3.05) is 0 Å². The monoisotopic (exact) mass is 612 g/mol. The highest BCUT2D eigenvalue weighted by Gasteiger charge is 2.35. The lowest BCUT2D eigenvalue weighted by atomic mass is 10.0. The van der Waals surface area contributed by atoms with Gasteiger partial charge in [-0.3, -0.25) is 4.57 Å². The quantitative estimate of drug-likeness (QED) is 0.185. The number of rotatable bonds is 10. The molecule has 0 aliphatic carbocycles. The molecular weight excluding hydrogens is 589 g/mol. The highest BCUT2D eigenvalue weighted by Crippen LogP contribution is 2.42. The predicted octanol–water partition coefficient (Wildman–Crippen LogP) is 7.66. The van der Waals surface area contributed by atoms with Crippen molar-refractivity contribution in [3.8, 4) is 17.2 Å². The Morgan fingerprint density at radius 1 is 0.951 bits per heavy atom. The van der Waals surface area contributed by atoms with Crippen LogP contribution in [0.5, 0.6) is 0 Å². The Hall–Kier alpha value is -3.51. The third kappa shape index (κ3) is 6.87. The molecule has 1 N–H and O–H groups in total. The van der Waals surface area contributed by atoms with Crippen molar-refractivity contribution in [3.63, 3.8) is 0 Å². The molecule has 1 atom stereocenters. The van der Waals surface area contributed by atoms with Crippen molar-refractivity contribution in [1.29, 1.82) is 5.26 Å². The lowest BCUT2D eigenvalue weighted by Crippen LogP contribution is -2.31. The van der Waals surface area contributed by atoms with E-state index < -0.39 is 35.8 Å². The number of alkyl halides is 2. The fourth-order valence-corrected chi connectivity index (χ4v) is 6.74. The highest BCUT2D eigenvalue weighted by atomic mass is 35.5. The first-order chi connectivity index (χ1) is 19.5. The second kappa shape index (κ2) is 12.6. The van der Waals surface area contributed by atoms with Crippen molar-refractivity contribution in [1.82, 2.24) is 4.31 Å². The van der Waals surface area contributed by atoms with Gasteiger partial charge < -0.3 is 5.11 Å². The van der Waals surface area contributed by atoms with Gasteiger partial charge in [0.2, 0.25) is 18.5 Å². The summed E-state index contributed by atoms with van der Waals surface area (Å²) in [5.74, 6) is 0. The maximum atomic E-state index is 14.0. The van der Waals surface area contributed by atoms with Crippen molar-refractivity contribution >= 4 is 30.1 Å². The molecule has 0 aliphatic heterocycles. The van der Waals surface area contributed by atoms with Gasteiger partial charge in [0, 0.05) is 18.7 Å². The Bertz CT molecular complexity index is 1730. The molecule has 0 heterocycles. The molecule has 11 heteroatoms. The highest BCUT2D eigenvalue weighted by molar-refractivity contribution is 7.89. The molecule has 0 radical (unpaired) electrons. The van der Waals surface area contributed by atoms with Gasteiger partial charge in [-0.1, -0.05) is 78.3 Å². The van der Waals surface area contributed by atoms with Gasteiger partial charge in [-0.25, -0.2) is 8.42 Å². The first-order valence-electron chi connectivity index (χ1n) is 12.3. The van der Waals surface area contributed by atoms with Crippen LogP contribution in [0.1, 0.15) is 40.8 Å². The van der Waals surface area contributed by atoms with E-state index in [4.69, 9.17) is 11.6 Å². The Morgan fingerprint density at radius 2 is 1.61 bits per heavy atom. The van der Waals surface area contributed by atoms with E-state index in [0.717, 1.165) is 17.2 Å². The van der Waals surface area contributed by atoms with E-state index in [2.05, 4.69) is 6.07 Å². The standard InChI is InChI=1S/C30H24ClF2N2O4PS/c1-20(36)26-7-2-3-8-29(26)41(38,39)35(19-23-11-14-27(28(31)16-23)30(32,33)40-37)18-21-9-12-24(13-10-21)25-6-4-5-22(15-25)17-34/h2-16,20,36H,18-19H2,1H3. The molecule has 210 valence electrons. The largest absolute Gasteiger partial charge is 0.389 e. The molecule has 4 rings (SSSR count). The minimum atomic E-state index is -4.21. The van der Waals surface area contributed by atoms with Gasteiger partial charge in [-0.15, -0.1) is 0 Å². The molecule has 0 saturated carbocycles. The molecule has 0 amide bonds. The zero-order valence-electron chi connectivity index (χ0n) is 21.7. The van der Waals surface area contributed by atoms with Gasteiger partial charge in [0.1, 0.15) is 0 Å². The number of nitrogens with zero attached hydrogens (tertiary/aromatic N) is 2. The summed E-state index contributed by atoms with van der Waals surface area (Å²) < 4.78 is 68.1. The van der Waals surface area contributed by atoms with Crippen LogP contribution in [0.4, 0.5) is 8.78 Å². The van der Waals surface area contributed by atoms with E-state index in [-0.39, 0.29) is 28.6 Å². The topological polar surface area (TPSA) is 98.5 Å². The minimum absolute atomic E-state index is 0.0797. The first-order valence-corrected chi connectivity index (χ1v) is 15.0. The summed E-state index contributed by atoms with van der Waals surface area (Å²) in [5.41, 5.74) is -0.958. The van der Waals surface area contributed by atoms with E-state index in [1.54, 1.807) is 42.5 Å². The fraction of sp³-hybridized carbons (Fsp3) is 0.167. The van der Waals surface area contributed by atoms with Gasteiger partial charge in [0.25, 0.3) is 0 Å². The maximum Gasteiger partial charge on any atom is 0.351 e. The number of sulfonamides is 1. The lowest BCUT2D eigenvalue weighted by Gasteiger charge is -2.25. The van der Waals surface area contributed by atoms with Gasteiger partial charge in [-0.05, 0) is 53.4 Å². The van der Waals surface area contributed by atoms with Gasteiger partial charge in [0.05, 0.1) is 33.2 Å². The normalized spacial score (nSPS) is 12.8. The van der Waals surface area contributed by atoms with Crippen LogP contribution < -0.4 is 0 Å². The fourth-order valence-electron chi connectivity index (χ4n) is 4.35. The van der Waals surface area contributed by atoms with Gasteiger partial charge >= 0.3 is 5.66 Å². The molecule has 0 aromatic heterocycles. The molecule has 0 aliphatic rings. The summed E-state index contributed by atoms with van der Waals surface area (Å²) in [7, 11) is -5.61. The van der Waals surface area contributed by atoms with Crippen LogP contribution in [0.2, 0.25) is 5.02 Å². The van der Waals surface area contributed by atoms with E-state index >= 15 is 0 Å². The van der Waals surface area contributed by atoms with Crippen molar-refractivity contribution < 1.29 is 26.9 Å². The summed E-state index contributed by atoms with van der Waals surface area (Å²) in [4.78, 5) is -0.0839. The number of hydrogen-bond donors (Lipinski definition) is 1. The Kier molecular flexibility index (Phi) is 9.33. The number of halogens is 3. The van der Waals surface area contributed by atoms with Crippen molar-refractivity contribution in [2.45, 2.75) is 36.7 Å². The second-order valence-corrected chi connectivity index (χ2v) is 12.4. The van der Waals surface area contributed by atoms with E-state index in [1.807, 2.05) is 18.2 Å². The number of nitriles is 1. The average molecular weight is 613 g/mol. The smallest absolute Gasteiger partial charge is 0.351 e. The molecule has 0 bridgehead atoms. The SMILES string of the molecule is CC(O)c1ccccc1S(=O)(=O)N(Cc1ccc(-c2cccc(C#N)c2)cc1)Cc1ccc(C(F)(F)P=O)c(Cl)c1. The van der Waals surface area contributed by atoms with E-state index in [9.17, 15) is 32.1 Å². The van der Waals surface area contributed by atoms with Crippen LogP contribution in [0, 0.1) is 11.3 Å². The average Bonchev–Trinajstić information content (AvgIpc) is 2.97. The molecule has 4 aromatic carbocycles. The summed E-state index contributed by atoms with van der Waals surface area (Å²) in [6.07, 6.45) is -1.06. The van der Waals surface area contributed by atoms with E-state index in [0.29, 0.717) is 16.7 Å². The molecular formula is C30H24ClF2N2O4PS. The van der Waals surface area contributed by atoms with E-state index in [1.165, 1.54) is 35.5 Å². The van der Waals surface area contributed by atoms with Crippen molar-refractivity contribution in [2.24, 2.45) is 0 Å². The molecule has 0 fully saturated rings. The van der Waals surface area contributed by atoms with Crippen LogP contribution in [-0.2, 0) is 33.3 Å². The molecule has 1 unspecified atom stereocenters. The number of aliphatic hydroxyl groups excluding tert-OH is 1. The molecule has 6 nitrogen and oxygen atoms in total. The second-order valence-electron chi connectivity index (χ2n) is 9.32. The summed E-state index contributed by atoms with van der Waals surface area (Å²) >= 11 is 6.09. The molecule has 4 aromatic rings. The number of benzene rings is 4. The Balaban J connectivity index is 1.72. The molecule has 0 spiro atoms. The third-order valence-corrected chi connectivity index (χ3v) is 9.10. The van der Waals surface area contributed by atoms with Gasteiger partial charge in [-0.2, -0.15) is 18.3 Å². The van der Waals surface area contributed by atoms with Crippen LogP contribution in [-0.4, -0.2) is 17.8 Å². The summed E-state index contributed by atoms with van der Waals surface area (Å²) in [6, 6.07) is 26.0. The lowest BCUT2D eigenvalue weighted by molar-refractivity contribution is 0.0971. The molecule has 41 heavy (non-hydrogen) atoms. The number of hydrogen-bond acceptors (Lipinski definition) is 5. The zero-order chi connectivity index (χ0) is 29.8. The Labute approximate surface area is 243 Å².